The fourth-order valence-corrected chi connectivity index (χ4v) is 2.55. The maximum Gasteiger partial charge on any atom is 0.250 e. The van der Waals surface area contributed by atoms with Gasteiger partial charge in [-0.3, -0.25) is 4.79 Å². The van der Waals surface area contributed by atoms with Gasteiger partial charge in [0.25, 0.3) is 5.91 Å². The predicted octanol–water partition coefficient (Wildman–Crippen LogP) is 3.03. The number of carbonyl (C=O) groups excluding carboxylic acids is 1. The highest BCUT2D eigenvalue weighted by Gasteiger charge is 2.23. The Bertz CT molecular complexity index is 1110. The van der Waals surface area contributed by atoms with E-state index in [9.17, 15) is 4.79 Å². The van der Waals surface area contributed by atoms with Crippen LogP contribution in [0.25, 0.3) is 11.4 Å². The molecule has 0 saturated carbocycles. The summed E-state index contributed by atoms with van der Waals surface area (Å²) in [5.74, 6) is -0.864. The van der Waals surface area contributed by atoms with Gasteiger partial charge in [0.15, 0.2) is 2.82 Å². The Labute approximate surface area is 152 Å². The molecule has 1 aromatic heterocycles. The van der Waals surface area contributed by atoms with Gasteiger partial charge in [0.2, 0.25) is 5.82 Å². The van der Waals surface area contributed by atoms with Crippen molar-refractivity contribution in [1.82, 2.24) is 20.2 Å². The number of aryl methyl sites for hydroxylation is 1. The lowest BCUT2D eigenvalue weighted by atomic mass is 10.2. The van der Waals surface area contributed by atoms with Crippen LogP contribution in [0.2, 0.25) is 7.85 Å². The molecule has 124 valence electrons. The smallest absolute Gasteiger partial charge is 0.250 e. The van der Waals surface area contributed by atoms with Crippen molar-refractivity contribution >= 4 is 34.6 Å². The second kappa shape index (κ2) is 6.03. The number of aromatic nitrogens is 4. The lowest BCUT2D eigenvalue weighted by Gasteiger charge is -2.20. The SMILES string of the molecule is [2H]/C(C(=O)N([2H])c1ccc(C)cc1)=C1\c2nnnn2-c2ccc(Cl)cc2N1[2H]. The van der Waals surface area contributed by atoms with Gasteiger partial charge in [0.1, 0.15) is 0 Å². The average molecular weight is 356 g/mol. The largest absolute Gasteiger partial charge is 0.350 e. The zero-order valence-corrected chi connectivity index (χ0v) is 13.8. The molecule has 0 saturated heterocycles. The maximum absolute atomic E-state index is 12.8. The molecule has 8 heteroatoms. The molecule has 0 radical (unpaired) electrons. The fourth-order valence-electron chi connectivity index (χ4n) is 2.38. The van der Waals surface area contributed by atoms with E-state index in [1.165, 1.54) is 10.7 Å². The summed E-state index contributed by atoms with van der Waals surface area (Å²) in [6, 6.07) is 10.9. The third-order valence-electron chi connectivity index (χ3n) is 3.57. The summed E-state index contributed by atoms with van der Waals surface area (Å²) in [6.07, 6.45) is 0. The van der Waals surface area contributed by atoms with E-state index in [1.54, 1.807) is 36.4 Å². The summed E-state index contributed by atoms with van der Waals surface area (Å²) >= 11 is 6.04. The Balaban J connectivity index is 1.81. The Hall–Kier alpha value is -3.19. The first-order valence-corrected chi connectivity index (χ1v) is 7.75. The molecule has 7 nitrogen and oxygen atoms in total. The van der Waals surface area contributed by atoms with Crippen LogP contribution in [0.5, 0.6) is 0 Å². The normalized spacial score (nSPS) is 16.2. The summed E-state index contributed by atoms with van der Waals surface area (Å²) < 4.78 is 26.2. The molecule has 0 bridgehead atoms. The number of halogens is 1. The fraction of sp³-hybridized carbons (Fsp3) is 0.0588. The molecule has 0 atom stereocenters. The third-order valence-corrected chi connectivity index (χ3v) is 3.80. The van der Waals surface area contributed by atoms with Crippen molar-refractivity contribution in [2.75, 3.05) is 10.6 Å². The summed E-state index contributed by atoms with van der Waals surface area (Å²) in [5, 5.41) is 13.2. The monoisotopic (exact) mass is 355 g/mol. The number of nitrogens with one attached hydrogen (secondary N) is 2. The molecule has 0 fully saturated rings. The van der Waals surface area contributed by atoms with Crippen LogP contribution >= 0.6 is 11.6 Å². The topological polar surface area (TPSA) is 84.7 Å². The number of carbonyl (C=O) groups is 1. The Kier molecular flexibility index (Phi) is 2.94. The minimum Gasteiger partial charge on any atom is -0.350 e. The van der Waals surface area contributed by atoms with Crippen LogP contribution in [0.1, 0.15) is 12.8 Å². The second-order valence-electron chi connectivity index (χ2n) is 5.39. The van der Waals surface area contributed by atoms with E-state index < -0.39 is 12.0 Å². The van der Waals surface area contributed by atoms with Crippen LogP contribution in [0, 0.1) is 6.92 Å². The van der Waals surface area contributed by atoms with Gasteiger partial charge in [-0.2, -0.15) is 4.68 Å². The number of anilines is 2. The van der Waals surface area contributed by atoms with Gasteiger partial charge in [-0.05, 0) is 47.7 Å². The van der Waals surface area contributed by atoms with E-state index in [0.717, 1.165) is 10.9 Å². The Morgan fingerprint density at radius 2 is 2.20 bits per heavy atom. The summed E-state index contributed by atoms with van der Waals surface area (Å²) in [6.45, 7) is 1.89. The lowest BCUT2D eigenvalue weighted by molar-refractivity contribution is -0.111. The molecule has 2 aromatic carbocycles. The number of hydrogen-bond acceptors (Lipinski definition) is 5. The van der Waals surface area contributed by atoms with E-state index in [0.29, 0.717) is 27.4 Å². The van der Waals surface area contributed by atoms with Crippen molar-refractivity contribution in [1.29, 1.82) is 0 Å². The molecule has 1 amide bonds. The summed E-state index contributed by atoms with van der Waals surface area (Å²) in [7, 11) is 0. The quantitative estimate of drug-likeness (QED) is 0.690. The van der Waals surface area contributed by atoms with E-state index in [4.69, 9.17) is 15.8 Å². The molecule has 0 unspecified atom stereocenters. The van der Waals surface area contributed by atoms with Crippen LogP contribution in [-0.4, -0.2) is 26.1 Å². The van der Waals surface area contributed by atoms with Crippen LogP contribution in [0.4, 0.5) is 11.4 Å². The van der Waals surface area contributed by atoms with Crippen LogP contribution in [-0.2, 0) is 4.79 Å². The zero-order chi connectivity index (χ0) is 20.0. The molecule has 0 spiro atoms. The highest BCUT2D eigenvalue weighted by molar-refractivity contribution is 6.31. The first-order valence-electron chi connectivity index (χ1n) is 8.76. The number of nitrogens with zero attached hydrogens (tertiary/aromatic N) is 4. The van der Waals surface area contributed by atoms with E-state index in [2.05, 4.69) is 15.5 Å². The predicted molar refractivity (Wildman–Crippen MR) is 95.6 cm³/mol. The van der Waals surface area contributed by atoms with Crippen molar-refractivity contribution in [3.8, 4) is 5.69 Å². The molecule has 2 N–H and O–H groups in total. The zero-order valence-electron chi connectivity index (χ0n) is 16.0. The van der Waals surface area contributed by atoms with E-state index in [-0.39, 0.29) is 11.5 Å². The Morgan fingerprint density at radius 1 is 1.40 bits per heavy atom. The number of fused-ring (bicyclic) bond motifs is 3. The molecule has 4 rings (SSSR count). The lowest BCUT2D eigenvalue weighted by Crippen LogP contribution is -2.18. The summed E-state index contributed by atoms with van der Waals surface area (Å²) in [4.78, 5) is 12.8. The first-order chi connectivity index (χ1) is 13.4. The Morgan fingerprint density at radius 3 is 3.00 bits per heavy atom. The first kappa shape index (κ1) is 12.2. The van der Waals surface area contributed by atoms with Crippen LogP contribution < -0.4 is 10.6 Å². The molecular weight excluding hydrogens is 340 g/mol. The minimum absolute atomic E-state index is 0.0560. The number of rotatable bonds is 2. The highest BCUT2D eigenvalue weighted by atomic mass is 35.5. The van der Waals surface area contributed by atoms with Crippen molar-refractivity contribution in [2.45, 2.75) is 6.92 Å². The molecule has 3 aromatic rings. The van der Waals surface area contributed by atoms with Gasteiger partial charge >= 0.3 is 0 Å². The van der Waals surface area contributed by atoms with Gasteiger partial charge in [0, 0.05) is 16.8 Å². The molecule has 0 aliphatic carbocycles. The number of hydrogen-bond donors (Lipinski definition) is 2. The van der Waals surface area contributed by atoms with Gasteiger partial charge in [-0.15, -0.1) is 5.10 Å². The summed E-state index contributed by atoms with van der Waals surface area (Å²) in [5.41, 5.74) is 1.94. The van der Waals surface area contributed by atoms with Gasteiger partial charge < -0.3 is 10.6 Å². The highest BCUT2D eigenvalue weighted by Crippen LogP contribution is 2.32. The van der Waals surface area contributed by atoms with E-state index in [1.807, 2.05) is 6.92 Å². The van der Waals surface area contributed by atoms with E-state index >= 15 is 0 Å². The average Bonchev–Trinajstić information content (AvgIpc) is 3.17. The van der Waals surface area contributed by atoms with Gasteiger partial charge in [0.05, 0.1) is 18.4 Å². The van der Waals surface area contributed by atoms with Crippen LogP contribution in [0.3, 0.4) is 0 Å². The van der Waals surface area contributed by atoms with Crippen molar-refractivity contribution < 1.29 is 8.99 Å². The number of amides is 1. The molecular formula is C17H13ClN6O. The van der Waals surface area contributed by atoms with Gasteiger partial charge in [-0.1, -0.05) is 29.3 Å². The molecule has 1 aliphatic rings. The number of benzene rings is 2. The second-order valence-corrected chi connectivity index (χ2v) is 5.82. The standard InChI is InChI=1S/C17H13ClN6O/c1-10-2-5-12(6-3-10)19-16(25)9-14-17-21-22-23-24(17)15-7-4-11(18)8-13(15)20-14/h2-9,20H,1H3,(H,19,25)/b14-9-/i9D/hD2. The minimum atomic E-state index is -0.920. The van der Waals surface area contributed by atoms with Crippen LogP contribution in [0.15, 0.2) is 48.5 Å². The number of tetrazole rings is 1. The van der Waals surface area contributed by atoms with Gasteiger partial charge in [-0.25, -0.2) is 0 Å². The van der Waals surface area contributed by atoms with Crippen molar-refractivity contribution in [2.24, 2.45) is 0 Å². The molecule has 1 aliphatic heterocycles. The van der Waals surface area contributed by atoms with Crippen molar-refractivity contribution in [3.63, 3.8) is 0 Å². The van der Waals surface area contributed by atoms with Crippen molar-refractivity contribution in [3.05, 3.63) is 64.9 Å². The molecule has 2 heterocycles. The molecule has 25 heavy (non-hydrogen) atoms. The third kappa shape index (κ3) is 2.97. The maximum atomic E-state index is 12.8.